The number of benzene rings is 2. The van der Waals surface area contributed by atoms with Gasteiger partial charge in [-0.15, -0.1) is 0 Å². The molecule has 0 radical (unpaired) electrons. The number of nitrogens with one attached hydrogen (secondary N) is 1. The van der Waals surface area contributed by atoms with E-state index in [4.69, 9.17) is 9.47 Å². The quantitative estimate of drug-likeness (QED) is 0.348. The van der Waals surface area contributed by atoms with E-state index in [1.54, 1.807) is 18.9 Å². The molecular formula is C29H37N3O5. The van der Waals surface area contributed by atoms with Crippen molar-refractivity contribution in [1.82, 2.24) is 14.8 Å². The second-order valence-corrected chi connectivity index (χ2v) is 9.16. The summed E-state index contributed by atoms with van der Waals surface area (Å²) in [5, 5.41) is 1.13. The first kappa shape index (κ1) is 27.8. The zero-order valence-electron chi connectivity index (χ0n) is 22.2. The second kappa shape index (κ2) is 13.5. The van der Waals surface area contributed by atoms with Gasteiger partial charge in [0, 0.05) is 48.2 Å². The molecule has 0 saturated heterocycles. The third kappa shape index (κ3) is 7.59. The number of aromatic amines is 1. The Bertz CT molecular complexity index is 1200. The van der Waals surface area contributed by atoms with E-state index in [0.717, 1.165) is 22.0 Å². The fraction of sp³-hybridized carbons (Fsp3) is 0.414. The van der Waals surface area contributed by atoms with Crippen molar-refractivity contribution in [2.24, 2.45) is 0 Å². The molecule has 0 saturated carbocycles. The van der Waals surface area contributed by atoms with Crippen molar-refractivity contribution in [2.45, 2.75) is 52.6 Å². The van der Waals surface area contributed by atoms with E-state index >= 15 is 0 Å². The fourth-order valence-electron chi connectivity index (χ4n) is 4.32. The van der Waals surface area contributed by atoms with Crippen molar-refractivity contribution >= 4 is 28.7 Å². The van der Waals surface area contributed by atoms with Gasteiger partial charge >= 0.3 is 5.97 Å². The van der Waals surface area contributed by atoms with Crippen LogP contribution in [-0.4, -0.2) is 65.4 Å². The summed E-state index contributed by atoms with van der Waals surface area (Å²) in [5.41, 5.74) is 3.07. The number of carbonyl (C=O) groups is 3. The maximum absolute atomic E-state index is 13.6. The van der Waals surface area contributed by atoms with Crippen LogP contribution in [0.1, 0.15) is 44.7 Å². The van der Waals surface area contributed by atoms with Crippen LogP contribution < -0.4 is 4.74 Å². The number of rotatable bonds is 13. The van der Waals surface area contributed by atoms with Crippen LogP contribution in [0, 0.1) is 0 Å². The molecular weight excluding hydrogens is 470 g/mol. The van der Waals surface area contributed by atoms with Crippen molar-refractivity contribution in [3.63, 3.8) is 0 Å². The number of hydrogen-bond donors (Lipinski definition) is 1. The van der Waals surface area contributed by atoms with E-state index < -0.39 is 5.97 Å². The van der Waals surface area contributed by atoms with Crippen molar-refractivity contribution in [2.75, 3.05) is 26.8 Å². The molecule has 3 aromatic rings. The summed E-state index contributed by atoms with van der Waals surface area (Å²) in [5.74, 6) is -0.116. The first-order valence-corrected chi connectivity index (χ1v) is 12.7. The zero-order chi connectivity index (χ0) is 26.8. The Balaban J connectivity index is 1.77. The van der Waals surface area contributed by atoms with Gasteiger partial charge in [0.05, 0.1) is 26.7 Å². The van der Waals surface area contributed by atoms with Crippen molar-refractivity contribution in [1.29, 1.82) is 0 Å². The van der Waals surface area contributed by atoms with E-state index in [0.29, 0.717) is 25.3 Å². The molecule has 0 aliphatic heterocycles. The van der Waals surface area contributed by atoms with Crippen molar-refractivity contribution < 1.29 is 23.9 Å². The minimum atomic E-state index is -0.414. The lowest BCUT2D eigenvalue weighted by Crippen LogP contribution is -2.46. The molecule has 8 nitrogen and oxygen atoms in total. The lowest BCUT2D eigenvalue weighted by atomic mass is 10.1. The van der Waals surface area contributed by atoms with Gasteiger partial charge in [0.25, 0.3) is 0 Å². The Morgan fingerprint density at radius 3 is 2.41 bits per heavy atom. The van der Waals surface area contributed by atoms with Crippen molar-refractivity contribution in [3.8, 4) is 5.75 Å². The molecule has 8 heteroatoms. The Labute approximate surface area is 218 Å². The van der Waals surface area contributed by atoms with Gasteiger partial charge in [-0.3, -0.25) is 14.4 Å². The maximum Gasteiger partial charge on any atom is 0.306 e. The first-order valence-electron chi connectivity index (χ1n) is 12.7. The number of hydrogen-bond acceptors (Lipinski definition) is 5. The molecule has 0 spiro atoms. The first-order chi connectivity index (χ1) is 17.8. The molecule has 2 amide bonds. The summed E-state index contributed by atoms with van der Waals surface area (Å²) < 4.78 is 10.5. The van der Waals surface area contributed by atoms with Gasteiger partial charge in [-0.1, -0.05) is 36.4 Å². The molecule has 198 valence electrons. The normalized spacial score (nSPS) is 10.9. The van der Waals surface area contributed by atoms with Gasteiger partial charge < -0.3 is 24.3 Å². The van der Waals surface area contributed by atoms with Gasteiger partial charge in [-0.25, -0.2) is 0 Å². The highest BCUT2D eigenvalue weighted by Crippen LogP contribution is 2.22. The van der Waals surface area contributed by atoms with Crippen molar-refractivity contribution in [3.05, 3.63) is 65.9 Å². The highest BCUT2D eigenvalue weighted by molar-refractivity contribution is 5.87. The number of fused-ring (bicyclic) bond motifs is 1. The third-order valence-electron chi connectivity index (χ3n) is 6.33. The molecule has 0 unspecified atom stereocenters. The molecule has 0 aliphatic rings. The van der Waals surface area contributed by atoms with E-state index in [1.807, 2.05) is 62.5 Å². The van der Waals surface area contributed by atoms with Crippen LogP contribution in [0.3, 0.4) is 0 Å². The topological polar surface area (TPSA) is 91.9 Å². The third-order valence-corrected chi connectivity index (χ3v) is 6.33. The number of nitrogens with zero attached hydrogens (tertiary/aromatic N) is 2. The number of methoxy groups -OCH3 is 1. The van der Waals surface area contributed by atoms with Crippen LogP contribution in [0.2, 0.25) is 0 Å². The Morgan fingerprint density at radius 1 is 0.946 bits per heavy atom. The SMILES string of the molecule is CCOC(=O)CCC(=O)N(CC(=O)N(CCc1c[nH]c2ccccc12)Cc1ccccc1OC)C(C)C. The number of ether oxygens (including phenoxy) is 2. The summed E-state index contributed by atoms with van der Waals surface area (Å²) in [6.07, 6.45) is 2.64. The minimum absolute atomic E-state index is 0.00439. The highest BCUT2D eigenvalue weighted by Gasteiger charge is 2.25. The zero-order valence-corrected chi connectivity index (χ0v) is 22.2. The standard InChI is InChI=1S/C29H37N3O5/c1-5-37-29(35)15-14-27(33)32(21(2)3)20-28(34)31(19-23-10-6-9-13-26(23)36-4)17-16-22-18-30-25-12-8-7-11-24(22)25/h6-13,18,21,30H,5,14-17,19-20H2,1-4H3. The lowest BCUT2D eigenvalue weighted by molar-refractivity contribution is -0.147. The molecule has 2 aromatic carbocycles. The monoisotopic (exact) mass is 507 g/mol. The van der Waals surface area contributed by atoms with Gasteiger partial charge in [0.15, 0.2) is 0 Å². The number of carbonyl (C=O) groups excluding carboxylic acids is 3. The summed E-state index contributed by atoms with van der Waals surface area (Å²) in [4.78, 5) is 44.9. The molecule has 0 atom stereocenters. The average molecular weight is 508 g/mol. The van der Waals surface area contributed by atoms with Gasteiger partial charge in [-0.2, -0.15) is 0 Å². The van der Waals surface area contributed by atoms with E-state index in [-0.39, 0.29) is 43.8 Å². The predicted molar refractivity (Wildman–Crippen MR) is 143 cm³/mol. The number of H-pyrrole nitrogens is 1. The van der Waals surface area contributed by atoms with Crippen LogP contribution in [0.5, 0.6) is 5.75 Å². The summed E-state index contributed by atoms with van der Waals surface area (Å²) in [6, 6.07) is 15.5. The molecule has 1 heterocycles. The summed E-state index contributed by atoms with van der Waals surface area (Å²) >= 11 is 0. The largest absolute Gasteiger partial charge is 0.496 e. The molecule has 1 aromatic heterocycles. The van der Waals surface area contributed by atoms with Gasteiger partial charge in [0.2, 0.25) is 11.8 Å². The maximum atomic E-state index is 13.6. The van der Waals surface area contributed by atoms with Crippen LogP contribution in [0.25, 0.3) is 10.9 Å². The van der Waals surface area contributed by atoms with E-state index in [1.165, 1.54) is 4.90 Å². The summed E-state index contributed by atoms with van der Waals surface area (Å²) in [7, 11) is 1.61. The number of para-hydroxylation sites is 2. The van der Waals surface area contributed by atoms with Crippen LogP contribution >= 0.6 is 0 Å². The molecule has 1 N–H and O–H groups in total. The fourth-order valence-corrected chi connectivity index (χ4v) is 4.32. The van der Waals surface area contributed by atoms with Crippen LogP contribution in [0.4, 0.5) is 0 Å². The predicted octanol–water partition coefficient (Wildman–Crippen LogP) is 4.33. The molecule has 0 fully saturated rings. The Kier molecular flexibility index (Phi) is 10.1. The lowest BCUT2D eigenvalue weighted by Gasteiger charge is -2.30. The van der Waals surface area contributed by atoms with E-state index in [2.05, 4.69) is 11.1 Å². The number of amides is 2. The Morgan fingerprint density at radius 2 is 1.68 bits per heavy atom. The highest BCUT2D eigenvalue weighted by atomic mass is 16.5. The number of aromatic nitrogens is 1. The minimum Gasteiger partial charge on any atom is -0.496 e. The van der Waals surface area contributed by atoms with E-state index in [9.17, 15) is 14.4 Å². The number of esters is 1. The second-order valence-electron chi connectivity index (χ2n) is 9.16. The Hall–Kier alpha value is -3.81. The van der Waals surface area contributed by atoms with Crippen LogP contribution in [-0.2, 0) is 32.1 Å². The molecule has 37 heavy (non-hydrogen) atoms. The average Bonchev–Trinajstić information content (AvgIpc) is 3.31. The smallest absolute Gasteiger partial charge is 0.306 e. The van der Waals surface area contributed by atoms with Gasteiger partial charge in [0.1, 0.15) is 5.75 Å². The van der Waals surface area contributed by atoms with Gasteiger partial charge in [-0.05, 0) is 44.9 Å². The molecule has 0 bridgehead atoms. The van der Waals surface area contributed by atoms with Crippen LogP contribution in [0.15, 0.2) is 54.7 Å². The molecule has 3 rings (SSSR count). The summed E-state index contributed by atoms with van der Waals surface area (Å²) in [6.45, 7) is 6.50. The molecule has 0 aliphatic carbocycles.